The third-order valence-corrected chi connectivity index (χ3v) is 3.25. The first-order valence-electron chi connectivity index (χ1n) is 6.76. The first kappa shape index (κ1) is 15.6. The van der Waals surface area contributed by atoms with Crippen molar-refractivity contribution in [1.82, 2.24) is 10.6 Å². The topological polar surface area (TPSA) is 136 Å². The molecule has 0 saturated carbocycles. The predicted molar refractivity (Wildman–Crippen MR) is 79.6 cm³/mol. The Morgan fingerprint density at radius 2 is 1.79 bits per heavy atom. The lowest BCUT2D eigenvalue weighted by atomic mass is 10.1. The summed E-state index contributed by atoms with van der Waals surface area (Å²) in [6, 6.07) is 8.35. The summed E-state index contributed by atoms with van der Waals surface area (Å²) in [7, 11) is 0. The predicted octanol–water partition coefficient (Wildman–Crippen LogP) is 0.0994. The van der Waals surface area contributed by atoms with Crippen LogP contribution >= 0.6 is 0 Å². The van der Waals surface area contributed by atoms with Crippen molar-refractivity contribution >= 4 is 29.6 Å². The van der Waals surface area contributed by atoms with E-state index in [9.17, 15) is 19.6 Å². The highest BCUT2D eigenvalue weighted by Crippen LogP contribution is 2.25. The van der Waals surface area contributed by atoms with Crippen molar-refractivity contribution in [2.24, 2.45) is 0 Å². The van der Waals surface area contributed by atoms with Crippen LogP contribution in [-0.4, -0.2) is 23.1 Å². The van der Waals surface area contributed by atoms with Crippen molar-refractivity contribution < 1.29 is 29.2 Å². The zero-order valence-corrected chi connectivity index (χ0v) is 12.0. The van der Waals surface area contributed by atoms with Gasteiger partial charge in [-0.3, -0.25) is 20.2 Å². The molecule has 0 bridgehead atoms. The molecule has 2 heterocycles. The van der Waals surface area contributed by atoms with Gasteiger partial charge in [-0.05, 0) is 18.2 Å². The van der Waals surface area contributed by atoms with E-state index in [1.165, 1.54) is 24.3 Å². The van der Waals surface area contributed by atoms with Crippen LogP contribution in [0.2, 0.25) is 0 Å². The van der Waals surface area contributed by atoms with Gasteiger partial charge in [-0.25, -0.2) is 10.0 Å². The molecule has 1 aliphatic heterocycles. The molecule has 0 radical (unpaired) electrons. The van der Waals surface area contributed by atoms with E-state index in [2.05, 4.69) is 0 Å². The summed E-state index contributed by atoms with van der Waals surface area (Å²) in [6.07, 6.45) is 1.20. The lowest BCUT2D eigenvalue weighted by Gasteiger charge is -2.13. The van der Waals surface area contributed by atoms with Crippen molar-refractivity contribution in [1.29, 1.82) is 0 Å². The molecule has 0 spiro atoms. The molecule has 3 rings (SSSR count). The minimum atomic E-state index is -1.06. The highest BCUT2D eigenvalue weighted by atomic mass is 16.8. The van der Waals surface area contributed by atoms with Gasteiger partial charge in [-0.2, -0.15) is 5.23 Å². The first-order valence-corrected chi connectivity index (χ1v) is 6.76. The number of barbiturate groups is 1. The van der Waals surface area contributed by atoms with Crippen LogP contribution < -0.4 is 15.9 Å². The Kier molecular flexibility index (Phi) is 3.96. The molecule has 1 atom stereocenters. The van der Waals surface area contributed by atoms with Crippen molar-refractivity contribution in [2.75, 3.05) is 0 Å². The van der Waals surface area contributed by atoms with Crippen LogP contribution in [0.5, 0.6) is 0 Å². The molecule has 2 aromatic rings. The van der Waals surface area contributed by atoms with E-state index in [0.29, 0.717) is 11.3 Å². The van der Waals surface area contributed by atoms with Crippen LogP contribution in [-0.2, 0) is 9.59 Å². The number of benzene rings is 1. The minimum absolute atomic E-state index is 0.105. The molecule has 24 heavy (non-hydrogen) atoms. The van der Waals surface area contributed by atoms with Gasteiger partial charge in [0.15, 0.2) is 5.69 Å². The fourth-order valence-corrected chi connectivity index (χ4v) is 2.14. The van der Waals surface area contributed by atoms with E-state index < -0.39 is 23.1 Å². The molecule has 1 fully saturated rings. The maximum absolute atomic E-state index is 11.6. The lowest BCUT2D eigenvalue weighted by Crippen LogP contribution is -2.99. The number of amides is 4. The van der Waals surface area contributed by atoms with Crippen LogP contribution in [0.15, 0.2) is 46.4 Å². The van der Waals surface area contributed by atoms with Gasteiger partial charge in [-0.1, -0.05) is 12.1 Å². The lowest BCUT2D eigenvalue weighted by molar-refractivity contribution is -0.991. The van der Waals surface area contributed by atoms with E-state index in [1.54, 1.807) is 18.2 Å². The second-order valence-electron chi connectivity index (χ2n) is 4.88. The van der Waals surface area contributed by atoms with E-state index in [0.717, 1.165) is 0 Å². The third kappa shape index (κ3) is 3.08. The summed E-state index contributed by atoms with van der Waals surface area (Å²) in [6.45, 7) is 0. The average molecular weight is 329 g/mol. The van der Waals surface area contributed by atoms with E-state index in [-0.39, 0.29) is 17.0 Å². The smallest absolute Gasteiger partial charge is 0.328 e. The molecule has 4 amide bonds. The van der Waals surface area contributed by atoms with E-state index in [4.69, 9.17) is 9.62 Å². The third-order valence-electron chi connectivity index (χ3n) is 3.25. The van der Waals surface area contributed by atoms with Crippen LogP contribution in [0.1, 0.15) is 5.76 Å². The molecule has 0 aliphatic carbocycles. The Hall–Kier alpha value is -3.27. The summed E-state index contributed by atoms with van der Waals surface area (Å²) in [5, 5.41) is 22.8. The molecular formula is C15H11N3O6. The zero-order chi connectivity index (χ0) is 17.3. The summed E-state index contributed by atoms with van der Waals surface area (Å²) in [5.41, 5.74) is 0.371. The zero-order valence-electron chi connectivity index (χ0n) is 12.0. The fraction of sp³-hybridized carbons (Fsp3) is 0. The minimum Gasteiger partial charge on any atom is -0.595 e. The molecule has 1 unspecified atom stereocenters. The van der Waals surface area contributed by atoms with Crippen LogP contribution in [0.25, 0.3) is 17.4 Å². The van der Waals surface area contributed by atoms with E-state index >= 15 is 0 Å². The molecule has 122 valence electrons. The van der Waals surface area contributed by atoms with Crippen molar-refractivity contribution in [3.63, 3.8) is 0 Å². The van der Waals surface area contributed by atoms with Gasteiger partial charge in [0.2, 0.25) is 0 Å². The second-order valence-corrected chi connectivity index (χ2v) is 4.88. The molecule has 1 aliphatic rings. The Bertz CT molecular complexity index is 846. The number of furan rings is 1. The Balaban J connectivity index is 1.90. The second kappa shape index (κ2) is 6.08. The number of imide groups is 2. The van der Waals surface area contributed by atoms with Crippen molar-refractivity contribution in [3.8, 4) is 11.3 Å². The number of carbonyl (C=O) groups is 3. The highest BCUT2D eigenvalue weighted by molar-refractivity contribution is 6.31. The number of rotatable bonds is 3. The maximum atomic E-state index is 11.6. The fourth-order valence-electron chi connectivity index (χ4n) is 2.14. The standard InChI is InChI=1S/C15H11N3O6/c19-13-11(14(20)17-15(21)16-13)7-10-4-5-12(24-10)8-2-1-3-9(6-8)18(22)23/h1-7,18,22H,(H2,16,17,19,20,21). The average Bonchev–Trinajstić information content (AvgIpc) is 2.99. The summed E-state index contributed by atoms with van der Waals surface area (Å²) in [5.74, 6) is -1.07. The number of nitrogens with one attached hydrogen (secondary N) is 3. The quantitative estimate of drug-likeness (QED) is 0.358. The molecular weight excluding hydrogens is 318 g/mol. The van der Waals surface area contributed by atoms with Crippen LogP contribution in [0, 0.1) is 5.21 Å². The van der Waals surface area contributed by atoms with Gasteiger partial charge in [-0.15, -0.1) is 0 Å². The van der Waals surface area contributed by atoms with Gasteiger partial charge >= 0.3 is 6.03 Å². The van der Waals surface area contributed by atoms with E-state index in [1.807, 2.05) is 10.6 Å². The Morgan fingerprint density at radius 3 is 2.46 bits per heavy atom. The van der Waals surface area contributed by atoms with Gasteiger partial charge in [0, 0.05) is 17.7 Å². The van der Waals surface area contributed by atoms with Crippen molar-refractivity contribution in [3.05, 3.63) is 52.9 Å². The largest absolute Gasteiger partial charge is 0.595 e. The van der Waals surface area contributed by atoms with Gasteiger partial charge in [0.05, 0.1) is 0 Å². The van der Waals surface area contributed by atoms with Crippen molar-refractivity contribution in [2.45, 2.75) is 0 Å². The SMILES string of the molecule is O=C1NC(=O)C(=Cc2ccc(-c3cccc([NH+]([O-])O)c3)o2)C(=O)N1. The number of hydrogen-bond donors (Lipinski definition) is 4. The summed E-state index contributed by atoms with van der Waals surface area (Å²) < 4.78 is 5.52. The first-order chi connectivity index (χ1) is 11.4. The number of urea groups is 1. The van der Waals surface area contributed by atoms with Gasteiger partial charge in [0.25, 0.3) is 11.8 Å². The Morgan fingerprint density at radius 1 is 1.08 bits per heavy atom. The number of quaternary nitrogens is 1. The molecule has 4 N–H and O–H groups in total. The van der Waals surface area contributed by atoms with Gasteiger partial charge in [0.1, 0.15) is 17.1 Å². The molecule has 1 aromatic carbocycles. The summed E-state index contributed by atoms with van der Waals surface area (Å²) in [4.78, 5) is 34.3. The summed E-state index contributed by atoms with van der Waals surface area (Å²) >= 11 is 0. The number of hydrogen-bond acceptors (Lipinski definition) is 6. The molecule has 9 heteroatoms. The molecule has 1 saturated heterocycles. The normalized spacial score (nSPS) is 15.8. The molecule has 9 nitrogen and oxygen atoms in total. The Labute approximate surface area is 134 Å². The highest BCUT2D eigenvalue weighted by Gasteiger charge is 2.28. The monoisotopic (exact) mass is 329 g/mol. The maximum Gasteiger partial charge on any atom is 0.328 e. The van der Waals surface area contributed by atoms with Crippen LogP contribution in [0.4, 0.5) is 10.5 Å². The van der Waals surface area contributed by atoms with Gasteiger partial charge < -0.3 is 9.62 Å². The number of carbonyl (C=O) groups excluding carboxylic acids is 3. The van der Waals surface area contributed by atoms with Crippen LogP contribution in [0.3, 0.4) is 0 Å². The molecule has 1 aromatic heterocycles.